The van der Waals surface area contributed by atoms with Crippen LogP contribution in [0.5, 0.6) is 0 Å². The van der Waals surface area contributed by atoms with Gasteiger partial charge in [0.1, 0.15) is 0 Å². The molecule has 4 heteroatoms. The third-order valence-electron chi connectivity index (χ3n) is 2.13. The van der Waals surface area contributed by atoms with Crippen molar-refractivity contribution in [3.63, 3.8) is 0 Å². The smallest absolute Gasteiger partial charge is 0.151 e. The summed E-state index contributed by atoms with van der Waals surface area (Å²) in [5.41, 5.74) is 0. The Morgan fingerprint density at radius 3 is 2.08 bits per heavy atom. The molecule has 0 radical (unpaired) electrons. The third-order valence-corrected chi connectivity index (χ3v) is 4.01. The molecule has 1 N–H and O–H groups in total. The highest BCUT2D eigenvalue weighted by Gasteiger charge is 2.14. The summed E-state index contributed by atoms with van der Waals surface area (Å²) in [5.74, 6) is 0.480. The van der Waals surface area contributed by atoms with Crippen LogP contribution in [0.3, 0.4) is 0 Å². The van der Waals surface area contributed by atoms with Gasteiger partial charge >= 0.3 is 0 Å². The zero-order valence-electron chi connectivity index (χ0n) is 9.00. The average Bonchev–Trinajstić information content (AvgIpc) is 2.03. The Labute approximate surface area is 81.8 Å². The van der Waals surface area contributed by atoms with Crippen LogP contribution in [0.4, 0.5) is 0 Å². The van der Waals surface area contributed by atoms with Crippen LogP contribution in [0, 0.1) is 0 Å². The highest BCUT2D eigenvalue weighted by atomic mass is 32.2. The molecule has 80 valence electrons. The zero-order chi connectivity index (χ0) is 10.5. The summed E-state index contributed by atoms with van der Waals surface area (Å²) in [6.07, 6.45) is 1.02. The fourth-order valence-electron chi connectivity index (χ4n) is 1.15. The fraction of sp³-hybridized carbons (Fsp3) is 1.00. The standard InChI is InChI=1S/C9H21NO2S/c1-5-8(3)10-9(4)7-13(11,12)6-2/h8-10H,5-7H2,1-4H3. The monoisotopic (exact) mass is 207 g/mol. The van der Waals surface area contributed by atoms with Crippen molar-refractivity contribution < 1.29 is 8.42 Å². The van der Waals surface area contributed by atoms with Crippen LogP contribution in [0.25, 0.3) is 0 Å². The van der Waals surface area contributed by atoms with Crippen molar-refractivity contribution in [2.75, 3.05) is 11.5 Å². The minimum atomic E-state index is -2.84. The molecule has 0 saturated heterocycles. The second-order valence-electron chi connectivity index (χ2n) is 3.58. The minimum Gasteiger partial charge on any atom is -0.311 e. The van der Waals surface area contributed by atoms with Crippen LogP contribution in [0.1, 0.15) is 34.1 Å². The molecule has 0 rings (SSSR count). The summed E-state index contributed by atoms with van der Waals surface area (Å²) in [4.78, 5) is 0. The molecule has 0 amide bonds. The summed E-state index contributed by atoms with van der Waals surface area (Å²) in [7, 11) is -2.84. The summed E-state index contributed by atoms with van der Waals surface area (Å²) in [6, 6.07) is 0.446. The minimum absolute atomic E-state index is 0.0555. The highest BCUT2D eigenvalue weighted by molar-refractivity contribution is 7.91. The Balaban J connectivity index is 3.94. The van der Waals surface area contributed by atoms with Gasteiger partial charge in [0.25, 0.3) is 0 Å². The molecule has 13 heavy (non-hydrogen) atoms. The van der Waals surface area contributed by atoms with Crippen molar-refractivity contribution in [1.29, 1.82) is 0 Å². The zero-order valence-corrected chi connectivity index (χ0v) is 9.82. The van der Waals surface area contributed by atoms with E-state index in [-0.39, 0.29) is 17.5 Å². The van der Waals surface area contributed by atoms with Crippen molar-refractivity contribution in [1.82, 2.24) is 5.32 Å². The maximum atomic E-state index is 11.2. The first kappa shape index (κ1) is 12.9. The number of sulfone groups is 1. The molecule has 0 heterocycles. The Hall–Kier alpha value is -0.0900. The van der Waals surface area contributed by atoms with Crippen molar-refractivity contribution in [2.45, 2.75) is 46.2 Å². The first-order valence-electron chi connectivity index (χ1n) is 4.87. The summed E-state index contributed by atoms with van der Waals surface area (Å²) in [6.45, 7) is 7.75. The maximum Gasteiger partial charge on any atom is 0.151 e. The molecule has 0 bridgehead atoms. The second kappa shape index (κ2) is 5.60. The van der Waals surface area contributed by atoms with Gasteiger partial charge in [-0.2, -0.15) is 0 Å². The largest absolute Gasteiger partial charge is 0.311 e. The van der Waals surface area contributed by atoms with Gasteiger partial charge < -0.3 is 5.32 Å². The van der Waals surface area contributed by atoms with E-state index in [1.807, 2.05) is 6.92 Å². The Kier molecular flexibility index (Phi) is 5.56. The van der Waals surface area contributed by atoms with Crippen LogP contribution >= 0.6 is 0 Å². The van der Waals surface area contributed by atoms with E-state index in [9.17, 15) is 8.42 Å². The molecule has 2 atom stereocenters. The predicted molar refractivity (Wildman–Crippen MR) is 56.7 cm³/mol. The summed E-state index contributed by atoms with van der Waals surface area (Å²) < 4.78 is 22.5. The van der Waals surface area contributed by atoms with Crippen molar-refractivity contribution in [2.24, 2.45) is 0 Å². The van der Waals surface area contributed by atoms with Gasteiger partial charge in [-0.3, -0.25) is 0 Å². The van der Waals surface area contributed by atoms with E-state index in [1.165, 1.54) is 0 Å². The molecule has 2 unspecified atom stereocenters. The molecule has 0 spiro atoms. The Morgan fingerprint density at radius 1 is 1.15 bits per heavy atom. The van der Waals surface area contributed by atoms with Crippen molar-refractivity contribution >= 4 is 9.84 Å². The molecule has 3 nitrogen and oxygen atoms in total. The molecule has 0 aromatic heterocycles. The molecule has 0 aliphatic rings. The van der Waals surface area contributed by atoms with E-state index in [2.05, 4.69) is 19.2 Å². The van der Waals surface area contributed by atoms with Gasteiger partial charge in [0.15, 0.2) is 9.84 Å². The van der Waals surface area contributed by atoms with Crippen LogP contribution in [-0.4, -0.2) is 32.0 Å². The lowest BCUT2D eigenvalue weighted by Crippen LogP contribution is -2.39. The summed E-state index contributed by atoms with van der Waals surface area (Å²) >= 11 is 0. The van der Waals surface area contributed by atoms with Crippen LogP contribution < -0.4 is 5.32 Å². The SMILES string of the molecule is CCC(C)NC(C)CS(=O)(=O)CC. The van der Waals surface area contributed by atoms with E-state index >= 15 is 0 Å². The molecular formula is C9H21NO2S. The quantitative estimate of drug-likeness (QED) is 0.712. The second-order valence-corrected chi connectivity index (χ2v) is 5.97. The van der Waals surface area contributed by atoms with Crippen LogP contribution in [0.15, 0.2) is 0 Å². The lowest BCUT2D eigenvalue weighted by atomic mass is 10.2. The number of hydrogen-bond donors (Lipinski definition) is 1. The number of hydrogen-bond acceptors (Lipinski definition) is 3. The van der Waals surface area contributed by atoms with E-state index in [0.29, 0.717) is 6.04 Å². The van der Waals surface area contributed by atoms with Gasteiger partial charge in [0, 0.05) is 17.8 Å². The van der Waals surface area contributed by atoms with Gasteiger partial charge in [-0.15, -0.1) is 0 Å². The first-order valence-corrected chi connectivity index (χ1v) is 6.69. The first-order chi connectivity index (χ1) is 5.91. The van der Waals surface area contributed by atoms with Gasteiger partial charge in [0.05, 0.1) is 5.75 Å². The molecule has 0 aliphatic heterocycles. The third kappa shape index (κ3) is 6.05. The number of rotatable bonds is 6. The lowest BCUT2D eigenvalue weighted by Gasteiger charge is -2.18. The lowest BCUT2D eigenvalue weighted by molar-refractivity contribution is 0.476. The van der Waals surface area contributed by atoms with Gasteiger partial charge in [-0.25, -0.2) is 8.42 Å². The normalized spacial score (nSPS) is 16.9. The maximum absolute atomic E-state index is 11.2. The highest BCUT2D eigenvalue weighted by Crippen LogP contribution is 1.97. The van der Waals surface area contributed by atoms with E-state index in [1.54, 1.807) is 6.92 Å². The molecule has 0 aliphatic carbocycles. The molecule has 0 fully saturated rings. The fourth-order valence-corrected chi connectivity index (χ4v) is 2.24. The average molecular weight is 207 g/mol. The Morgan fingerprint density at radius 2 is 1.69 bits per heavy atom. The van der Waals surface area contributed by atoms with Crippen LogP contribution in [0.2, 0.25) is 0 Å². The van der Waals surface area contributed by atoms with E-state index in [4.69, 9.17) is 0 Å². The number of nitrogens with one attached hydrogen (secondary N) is 1. The van der Waals surface area contributed by atoms with E-state index in [0.717, 1.165) is 6.42 Å². The van der Waals surface area contributed by atoms with Gasteiger partial charge in [0.2, 0.25) is 0 Å². The molecule has 0 aromatic carbocycles. The van der Waals surface area contributed by atoms with Gasteiger partial charge in [-0.05, 0) is 20.3 Å². The van der Waals surface area contributed by atoms with Gasteiger partial charge in [-0.1, -0.05) is 13.8 Å². The van der Waals surface area contributed by atoms with Crippen molar-refractivity contribution in [3.05, 3.63) is 0 Å². The predicted octanol–water partition coefficient (Wildman–Crippen LogP) is 1.20. The van der Waals surface area contributed by atoms with E-state index < -0.39 is 9.84 Å². The molecular weight excluding hydrogens is 186 g/mol. The Bertz CT molecular complexity index is 224. The molecule has 0 aromatic rings. The topological polar surface area (TPSA) is 46.2 Å². The van der Waals surface area contributed by atoms with Crippen molar-refractivity contribution in [3.8, 4) is 0 Å². The summed E-state index contributed by atoms with van der Waals surface area (Å²) in [5, 5.41) is 3.24. The van der Waals surface area contributed by atoms with Crippen LogP contribution in [-0.2, 0) is 9.84 Å². The molecule has 0 saturated carbocycles.